The number of hydrogen-bond acceptors (Lipinski definition) is 9. The van der Waals surface area contributed by atoms with Gasteiger partial charge in [0.05, 0.1) is 17.9 Å². The van der Waals surface area contributed by atoms with Crippen LogP contribution in [-0.2, 0) is 30.3 Å². The van der Waals surface area contributed by atoms with E-state index in [1.165, 1.54) is 18.2 Å². The number of carboxylic acid groups (broad SMARTS) is 1. The number of rotatable bonds is 15. The summed E-state index contributed by atoms with van der Waals surface area (Å²) in [5.41, 5.74) is -1.82. The van der Waals surface area contributed by atoms with Gasteiger partial charge in [0.2, 0.25) is 0 Å². The minimum atomic E-state index is -2.18. The monoisotopic (exact) mass is 537 g/mol. The Balaban J connectivity index is 3.47. The third-order valence-electron chi connectivity index (χ3n) is 5.59. The number of aliphatic carboxylic acids is 1. The third-order valence-corrected chi connectivity index (χ3v) is 5.59. The highest BCUT2D eigenvalue weighted by molar-refractivity contribution is 5.81. The van der Waals surface area contributed by atoms with Gasteiger partial charge in [0.15, 0.2) is 11.5 Å². The predicted octanol–water partition coefficient (Wildman–Crippen LogP) is 5.25. The Morgan fingerprint density at radius 1 is 0.868 bits per heavy atom. The van der Waals surface area contributed by atoms with Gasteiger partial charge >= 0.3 is 24.1 Å². The van der Waals surface area contributed by atoms with Crippen molar-refractivity contribution in [1.29, 1.82) is 0 Å². The van der Waals surface area contributed by atoms with E-state index < -0.39 is 41.8 Å². The molecule has 0 amide bonds. The van der Waals surface area contributed by atoms with E-state index >= 15 is 0 Å². The Morgan fingerprint density at radius 2 is 1.39 bits per heavy atom. The van der Waals surface area contributed by atoms with Gasteiger partial charge in [-0.25, -0.2) is 9.59 Å². The minimum Gasteiger partial charge on any atom is -0.477 e. The highest BCUT2D eigenvalue weighted by Gasteiger charge is 2.44. The van der Waals surface area contributed by atoms with Gasteiger partial charge < -0.3 is 24.1 Å². The number of nitrogens with one attached hydrogen (secondary N) is 1. The highest BCUT2D eigenvalue weighted by atomic mass is 16.7. The van der Waals surface area contributed by atoms with Crippen LogP contribution in [0.4, 0.5) is 4.79 Å². The summed E-state index contributed by atoms with van der Waals surface area (Å²) in [5, 5.41) is 12.9. The molecule has 2 unspecified atom stereocenters. The maximum atomic E-state index is 12.7. The maximum Gasteiger partial charge on any atom is 0.510 e. The van der Waals surface area contributed by atoms with E-state index in [4.69, 9.17) is 18.9 Å². The average molecular weight is 538 g/mol. The number of carboxylic acids is 1. The van der Waals surface area contributed by atoms with Crippen molar-refractivity contribution >= 4 is 24.1 Å². The predicted molar refractivity (Wildman–Crippen MR) is 141 cm³/mol. The van der Waals surface area contributed by atoms with Crippen molar-refractivity contribution in [3.8, 4) is 11.5 Å². The molecule has 0 fully saturated rings. The van der Waals surface area contributed by atoms with Crippen LogP contribution < -0.4 is 14.8 Å². The molecule has 1 aromatic carbocycles. The maximum absolute atomic E-state index is 12.7. The lowest BCUT2D eigenvalue weighted by Crippen LogP contribution is -2.59. The fourth-order valence-corrected chi connectivity index (χ4v) is 3.76. The lowest BCUT2D eigenvalue weighted by molar-refractivity contribution is -0.167. The summed E-state index contributed by atoms with van der Waals surface area (Å²) in [6, 6.07) is 4.00. The summed E-state index contributed by atoms with van der Waals surface area (Å²) in [5.74, 6) is -3.17. The largest absolute Gasteiger partial charge is 0.510 e. The van der Waals surface area contributed by atoms with Gasteiger partial charge in [-0.15, -0.1) is 0 Å². The first-order valence-corrected chi connectivity index (χ1v) is 13.2. The van der Waals surface area contributed by atoms with Gasteiger partial charge in [0, 0.05) is 12.5 Å². The molecule has 1 aromatic rings. The molecule has 0 spiro atoms. The van der Waals surface area contributed by atoms with Crippen LogP contribution in [0.3, 0.4) is 0 Å². The van der Waals surface area contributed by atoms with E-state index in [1.807, 2.05) is 13.8 Å². The first kappa shape index (κ1) is 32.9. The van der Waals surface area contributed by atoms with E-state index in [9.17, 15) is 24.3 Å². The smallest absolute Gasteiger partial charge is 0.477 e. The quantitative estimate of drug-likeness (QED) is 0.173. The number of hydrogen-bond donors (Lipinski definition) is 2. The molecule has 0 radical (unpaired) electrons. The molecule has 0 aliphatic carbocycles. The Labute approximate surface area is 225 Å². The fourth-order valence-electron chi connectivity index (χ4n) is 3.76. The number of ether oxygens (including phenoxy) is 4. The van der Waals surface area contributed by atoms with Crippen LogP contribution >= 0.6 is 0 Å². The van der Waals surface area contributed by atoms with Crippen molar-refractivity contribution in [2.45, 2.75) is 105 Å². The van der Waals surface area contributed by atoms with E-state index in [-0.39, 0.29) is 29.9 Å². The average Bonchev–Trinajstić information content (AvgIpc) is 2.79. The van der Waals surface area contributed by atoms with Crippen molar-refractivity contribution in [2.75, 3.05) is 0 Å². The van der Waals surface area contributed by atoms with Crippen LogP contribution in [0.1, 0.15) is 86.6 Å². The Hall–Kier alpha value is -3.14. The molecule has 0 heterocycles. The van der Waals surface area contributed by atoms with Gasteiger partial charge in [-0.1, -0.05) is 46.6 Å². The number of carbonyl (C=O) groups excluding carboxylic acids is 3. The lowest BCUT2D eigenvalue weighted by atomic mass is 10.0. The van der Waals surface area contributed by atoms with E-state index in [0.717, 1.165) is 12.8 Å². The summed E-state index contributed by atoms with van der Waals surface area (Å²) in [6.07, 6.45) is 0.810. The minimum absolute atomic E-state index is 0.0268. The number of benzene rings is 1. The number of esters is 2. The molecule has 0 aliphatic rings. The molecule has 0 bridgehead atoms. The summed E-state index contributed by atoms with van der Waals surface area (Å²) >= 11 is 0. The first-order valence-electron chi connectivity index (χ1n) is 13.2. The summed E-state index contributed by atoms with van der Waals surface area (Å²) in [4.78, 5) is 50.0. The lowest BCUT2D eigenvalue weighted by Gasteiger charge is -2.32. The van der Waals surface area contributed by atoms with E-state index in [1.54, 1.807) is 41.5 Å². The van der Waals surface area contributed by atoms with Gasteiger partial charge in [-0.2, -0.15) is 0 Å². The molecule has 0 aromatic heterocycles. The molecule has 3 atom stereocenters. The Kier molecular flexibility index (Phi) is 13.3. The zero-order valence-electron chi connectivity index (χ0n) is 23.8. The third kappa shape index (κ3) is 10.3. The molecule has 38 heavy (non-hydrogen) atoms. The van der Waals surface area contributed by atoms with Gasteiger partial charge in [0.1, 0.15) is 0 Å². The molecule has 0 saturated carbocycles. The topological polar surface area (TPSA) is 137 Å². The zero-order chi connectivity index (χ0) is 29.0. The van der Waals surface area contributed by atoms with Crippen molar-refractivity contribution < 1.29 is 43.2 Å². The van der Waals surface area contributed by atoms with Crippen LogP contribution in [0.15, 0.2) is 18.2 Å². The van der Waals surface area contributed by atoms with Crippen molar-refractivity contribution in [2.24, 2.45) is 11.8 Å². The summed E-state index contributed by atoms with van der Waals surface area (Å²) < 4.78 is 21.5. The molecule has 2 N–H and O–H groups in total. The second kappa shape index (κ2) is 15.3. The van der Waals surface area contributed by atoms with Crippen LogP contribution in [0.2, 0.25) is 0 Å². The number of carbonyl (C=O) groups is 4. The first-order chi connectivity index (χ1) is 17.7. The normalized spacial score (nSPS) is 14.4. The molecular weight excluding hydrogens is 494 g/mol. The molecule has 1 rings (SSSR count). The highest BCUT2D eigenvalue weighted by Crippen LogP contribution is 2.32. The Morgan fingerprint density at radius 3 is 1.84 bits per heavy atom. The molecule has 10 heteroatoms. The molecule has 214 valence electrons. The zero-order valence-corrected chi connectivity index (χ0v) is 23.8. The molecule has 0 aliphatic heterocycles. The van der Waals surface area contributed by atoms with Crippen molar-refractivity contribution in [3.63, 3.8) is 0 Å². The van der Waals surface area contributed by atoms with Crippen LogP contribution in [0, 0.1) is 11.8 Å². The van der Waals surface area contributed by atoms with Crippen molar-refractivity contribution in [1.82, 2.24) is 5.32 Å². The van der Waals surface area contributed by atoms with Crippen molar-refractivity contribution in [3.05, 3.63) is 23.8 Å². The van der Waals surface area contributed by atoms with Gasteiger partial charge in [0.25, 0.3) is 5.72 Å². The van der Waals surface area contributed by atoms with E-state index in [0.29, 0.717) is 18.4 Å². The second-order valence-electron chi connectivity index (χ2n) is 10.1. The molecule has 10 nitrogen and oxygen atoms in total. The summed E-state index contributed by atoms with van der Waals surface area (Å²) in [7, 11) is 0. The van der Waals surface area contributed by atoms with Crippen LogP contribution in [0.25, 0.3) is 0 Å². The van der Waals surface area contributed by atoms with Crippen LogP contribution in [-0.4, -0.2) is 47.0 Å². The second-order valence-corrected chi connectivity index (χ2v) is 10.1. The van der Waals surface area contributed by atoms with Crippen LogP contribution in [0.5, 0.6) is 11.5 Å². The molecule has 0 saturated heterocycles. The van der Waals surface area contributed by atoms with Gasteiger partial charge in [-0.3, -0.25) is 14.9 Å². The van der Waals surface area contributed by atoms with Gasteiger partial charge in [-0.05, 0) is 58.2 Å². The molecular formula is C28H43NO9. The van der Waals surface area contributed by atoms with E-state index in [2.05, 4.69) is 5.32 Å². The standard InChI is InChI=1S/C28H43NO9/c1-9-11-19(7)24(30)36-22-14-13-21(15-23(22)37-25(31)20(8)12-10-2)16-28(26(32)33,29-17(3)4)38-27(34)35-18(5)6/h13-15,17-20,29H,9-12,16H2,1-8H3,(H,32,33)/t19?,20?,28-/m0/s1. The Bertz CT molecular complexity index is 960. The fraction of sp³-hybridized carbons (Fsp3) is 0.643. The SMILES string of the molecule is CCCC(C)C(=O)Oc1ccc(C[C@](NC(C)C)(OC(=O)OC(C)C)C(=O)O)cc1OC(=O)C(C)CCC. The summed E-state index contributed by atoms with van der Waals surface area (Å²) in [6.45, 7) is 14.0.